The van der Waals surface area contributed by atoms with Gasteiger partial charge in [-0.15, -0.1) is 11.3 Å². The van der Waals surface area contributed by atoms with E-state index in [2.05, 4.69) is 5.32 Å². The zero-order chi connectivity index (χ0) is 13.8. The number of nitrogens with zero attached hydrogens (tertiary/aromatic N) is 1. The normalized spacial score (nSPS) is 10.1. The summed E-state index contributed by atoms with van der Waals surface area (Å²) in [6.07, 6.45) is 0. The number of hydrogen-bond donors (Lipinski definition) is 2. The van der Waals surface area contributed by atoms with Crippen LogP contribution in [0, 0.1) is 10.1 Å². The number of carbonyl (C=O) groups is 1. The number of phenolic OH excluding ortho intramolecular Hbond substituents is 1. The van der Waals surface area contributed by atoms with Gasteiger partial charge in [-0.3, -0.25) is 14.9 Å². The summed E-state index contributed by atoms with van der Waals surface area (Å²) in [6, 6.07) is 7.26. The van der Waals surface area contributed by atoms with Crippen LogP contribution < -0.4 is 5.32 Å². The molecule has 0 aliphatic heterocycles. The van der Waals surface area contributed by atoms with E-state index < -0.39 is 22.3 Å². The van der Waals surface area contributed by atoms with Crippen LogP contribution in [-0.4, -0.2) is 15.9 Å². The lowest BCUT2D eigenvalue weighted by Crippen LogP contribution is -2.22. The summed E-state index contributed by atoms with van der Waals surface area (Å²) in [6.45, 7) is 0.383. The number of aromatic hydroxyl groups is 1. The molecule has 6 nitrogen and oxygen atoms in total. The van der Waals surface area contributed by atoms with Gasteiger partial charge in [0, 0.05) is 16.5 Å². The molecule has 0 saturated heterocycles. The number of amides is 1. The van der Waals surface area contributed by atoms with Crippen molar-refractivity contribution < 1.29 is 14.8 Å². The third-order valence-corrected chi connectivity index (χ3v) is 3.31. The molecule has 0 radical (unpaired) electrons. The highest BCUT2D eigenvalue weighted by Gasteiger charge is 2.15. The van der Waals surface area contributed by atoms with E-state index in [1.165, 1.54) is 17.4 Å². The van der Waals surface area contributed by atoms with E-state index in [1.807, 2.05) is 17.5 Å². The Hall–Kier alpha value is -2.41. The molecule has 1 aromatic heterocycles. The molecule has 0 aliphatic carbocycles. The summed E-state index contributed by atoms with van der Waals surface area (Å²) in [5, 5.41) is 24.5. The molecule has 19 heavy (non-hydrogen) atoms. The summed E-state index contributed by atoms with van der Waals surface area (Å²) in [7, 11) is 0. The number of benzene rings is 1. The molecule has 1 amide bonds. The molecule has 1 aromatic carbocycles. The van der Waals surface area contributed by atoms with E-state index >= 15 is 0 Å². The Kier molecular flexibility index (Phi) is 3.76. The van der Waals surface area contributed by atoms with Gasteiger partial charge >= 0.3 is 5.69 Å². The fourth-order valence-electron chi connectivity index (χ4n) is 1.50. The van der Waals surface area contributed by atoms with Crippen LogP contribution in [0.15, 0.2) is 35.7 Å². The molecule has 7 heteroatoms. The number of nitrogens with one attached hydrogen (secondary N) is 1. The van der Waals surface area contributed by atoms with Gasteiger partial charge < -0.3 is 10.4 Å². The van der Waals surface area contributed by atoms with Crippen LogP contribution in [0.4, 0.5) is 5.69 Å². The monoisotopic (exact) mass is 278 g/mol. The first-order valence-electron chi connectivity index (χ1n) is 5.36. The van der Waals surface area contributed by atoms with Gasteiger partial charge in [-0.25, -0.2) is 0 Å². The van der Waals surface area contributed by atoms with Gasteiger partial charge in [0.15, 0.2) is 5.75 Å². The number of thiophene rings is 1. The molecule has 0 saturated carbocycles. The second-order valence-corrected chi connectivity index (χ2v) is 4.75. The Labute approximate surface area is 112 Å². The summed E-state index contributed by atoms with van der Waals surface area (Å²) >= 11 is 1.52. The third kappa shape index (κ3) is 3.08. The molecular formula is C12H10N2O4S. The Bertz CT molecular complexity index is 610. The highest BCUT2D eigenvalue weighted by atomic mass is 32.1. The highest BCUT2D eigenvalue weighted by Crippen LogP contribution is 2.26. The molecule has 2 N–H and O–H groups in total. The lowest BCUT2D eigenvalue weighted by Gasteiger charge is -2.04. The van der Waals surface area contributed by atoms with Crippen molar-refractivity contribution in [3.8, 4) is 5.75 Å². The van der Waals surface area contributed by atoms with Crippen LogP contribution in [0.5, 0.6) is 5.75 Å². The van der Waals surface area contributed by atoms with E-state index in [9.17, 15) is 20.0 Å². The minimum Gasteiger partial charge on any atom is -0.502 e. The molecule has 0 bridgehead atoms. The van der Waals surface area contributed by atoms with Crippen molar-refractivity contribution in [3.63, 3.8) is 0 Å². The third-order valence-electron chi connectivity index (χ3n) is 2.44. The number of carbonyl (C=O) groups excluding carboxylic acids is 1. The van der Waals surface area contributed by atoms with Gasteiger partial charge in [0.2, 0.25) is 0 Å². The fourth-order valence-corrected chi connectivity index (χ4v) is 2.15. The fraction of sp³-hybridized carbons (Fsp3) is 0.0833. The smallest absolute Gasteiger partial charge is 0.310 e. The lowest BCUT2D eigenvalue weighted by molar-refractivity contribution is -0.385. The van der Waals surface area contributed by atoms with Crippen molar-refractivity contribution in [2.24, 2.45) is 0 Å². The second-order valence-electron chi connectivity index (χ2n) is 3.72. The Morgan fingerprint density at radius 2 is 2.21 bits per heavy atom. The van der Waals surface area contributed by atoms with Crippen LogP contribution in [0.1, 0.15) is 15.2 Å². The maximum absolute atomic E-state index is 11.8. The topological polar surface area (TPSA) is 92.5 Å². The van der Waals surface area contributed by atoms with Crippen LogP contribution in [0.25, 0.3) is 0 Å². The minimum atomic E-state index is -0.706. The SMILES string of the molecule is O=C(NCc1cccs1)c1ccc([N+](=O)[O-])c(O)c1. The minimum absolute atomic E-state index is 0.180. The standard InChI is InChI=1S/C12H10N2O4S/c15-11-6-8(3-4-10(11)14(17)18)12(16)13-7-9-2-1-5-19-9/h1-6,15H,7H2,(H,13,16). The van der Waals surface area contributed by atoms with Crippen molar-refractivity contribution >= 4 is 22.9 Å². The Morgan fingerprint density at radius 1 is 1.42 bits per heavy atom. The van der Waals surface area contributed by atoms with Crippen LogP contribution in [0.2, 0.25) is 0 Å². The molecule has 1 heterocycles. The van der Waals surface area contributed by atoms with Crippen molar-refractivity contribution in [2.75, 3.05) is 0 Å². The molecule has 2 aromatic rings. The summed E-state index contributed by atoms with van der Waals surface area (Å²) in [5.41, 5.74) is -0.241. The Balaban J connectivity index is 2.07. The van der Waals surface area contributed by atoms with Gasteiger partial charge in [0.25, 0.3) is 5.91 Å². The quantitative estimate of drug-likeness (QED) is 0.663. The van der Waals surface area contributed by atoms with Gasteiger partial charge in [-0.2, -0.15) is 0 Å². The van der Waals surface area contributed by atoms with Crippen LogP contribution in [-0.2, 0) is 6.54 Å². The summed E-state index contributed by atoms with van der Waals surface area (Å²) < 4.78 is 0. The molecular weight excluding hydrogens is 268 g/mol. The first-order chi connectivity index (χ1) is 9.08. The Morgan fingerprint density at radius 3 is 2.79 bits per heavy atom. The number of hydrogen-bond acceptors (Lipinski definition) is 5. The average Bonchev–Trinajstić information content (AvgIpc) is 2.88. The largest absolute Gasteiger partial charge is 0.502 e. The van der Waals surface area contributed by atoms with Crippen LogP contribution >= 0.6 is 11.3 Å². The molecule has 0 fully saturated rings. The van der Waals surface area contributed by atoms with Crippen molar-refractivity contribution in [1.29, 1.82) is 0 Å². The van der Waals surface area contributed by atoms with Gasteiger partial charge in [-0.05, 0) is 23.6 Å². The maximum Gasteiger partial charge on any atom is 0.310 e. The lowest BCUT2D eigenvalue weighted by atomic mass is 10.2. The zero-order valence-corrected chi connectivity index (χ0v) is 10.5. The van der Waals surface area contributed by atoms with Gasteiger partial charge in [-0.1, -0.05) is 6.07 Å². The van der Waals surface area contributed by atoms with Gasteiger partial charge in [0.1, 0.15) is 0 Å². The number of rotatable bonds is 4. The maximum atomic E-state index is 11.8. The first kappa shape index (κ1) is 13.0. The molecule has 0 spiro atoms. The number of nitro groups is 1. The zero-order valence-electron chi connectivity index (χ0n) is 9.70. The van der Waals surface area contributed by atoms with Crippen molar-refractivity contribution in [2.45, 2.75) is 6.54 Å². The van der Waals surface area contributed by atoms with E-state index in [-0.39, 0.29) is 5.56 Å². The predicted molar refractivity (Wildman–Crippen MR) is 70.3 cm³/mol. The summed E-state index contributed by atoms with van der Waals surface area (Å²) in [5.74, 6) is -0.910. The van der Waals surface area contributed by atoms with Crippen molar-refractivity contribution in [1.82, 2.24) is 5.32 Å². The number of nitro benzene ring substituents is 1. The average molecular weight is 278 g/mol. The summed E-state index contributed by atoms with van der Waals surface area (Å²) in [4.78, 5) is 22.6. The first-order valence-corrected chi connectivity index (χ1v) is 6.24. The molecule has 2 rings (SSSR count). The van der Waals surface area contributed by atoms with Crippen molar-refractivity contribution in [3.05, 3.63) is 56.3 Å². The van der Waals surface area contributed by atoms with E-state index in [4.69, 9.17) is 0 Å². The number of phenols is 1. The molecule has 0 unspecified atom stereocenters. The molecule has 0 aliphatic rings. The molecule has 0 atom stereocenters. The highest BCUT2D eigenvalue weighted by molar-refractivity contribution is 7.09. The van der Waals surface area contributed by atoms with E-state index in [0.717, 1.165) is 17.0 Å². The van der Waals surface area contributed by atoms with E-state index in [0.29, 0.717) is 6.54 Å². The van der Waals surface area contributed by atoms with E-state index in [1.54, 1.807) is 0 Å². The van der Waals surface area contributed by atoms with Crippen LogP contribution in [0.3, 0.4) is 0 Å². The molecule has 98 valence electrons. The van der Waals surface area contributed by atoms with Gasteiger partial charge in [0.05, 0.1) is 11.5 Å². The predicted octanol–water partition coefficient (Wildman–Crippen LogP) is 2.29. The second kappa shape index (κ2) is 5.49.